The van der Waals surface area contributed by atoms with Gasteiger partial charge in [0.05, 0.1) is 0 Å². The average Bonchev–Trinajstić information content (AvgIpc) is 3.05. The highest BCUT2D eigenvalue weighted by atomic mass is 32.1. The lowest BCUT2D eigenvalue weighted by molar-refractivity contribution is -0.152. The summed E-state index contributed by atoms with van der Waals surface area (Å²) in [5.74, 6) is -0.402. The minimum atomic E-state index is -0.552. The molecule has 0 bridgehead atoms. The fraction of sp³-hybridized carbons (Fsp3) is 0.263. The highest BCUT2D eigenvalue weighted by molar-refractivity contribution is 7.16. The van der Waals surface area contributed by atoms with E-state index < -0.39 is 12.1 Å². The zero-order valence-corrected chi connectivity index (χ0v) is 13.6. The van der Waals surface area contributed by atoms with Crippen molar-refractivity contribution < 1.29 is 14.3 Å². The van der Waals surface area contributed by atoms with Crippen molar-refractivity contribution in [3.05, 3.63) is 53.4 Å². The summed E-state index contributed by atoms with van der Waals surface area (Å²) in [6, 6.07) is 14.1. The predicted octanol–water partition coefficient (Wildman–Crippen LogP) is 4.48. The van der Waals surface area contributed by atoms with Gasteiger partial charge in [0.2, 0.25) is 0 Å². The molecule has 1 atom stereocenters. The molecule has 0 N–H and O–H groups in total. The molecule has 1 fully saturated rings. The van der Waals surface area contributed by atoms with Crippen molar-refractivity contribution in [3.8, 4) is 10.4 Å². The van der Waals surface area contributed by atoms with Crippen LogP contribution >= 0.6 is 11.3 Å². The topological polar surface area (TPSA) is 43.4 Å². The monoisotopic (exact) mass is 326 g/mol. The second kappa shape index (κ2) is 7.38. The average molecular weight is 326 g/mol. The molecule has 2 aromatic rings. The van der Waals surface area contributed by atoms with Crippen molar-refractivity contribution in [2.24, 2.45) is 0 Å². The number of hydrogen-bond donors (Lipinski definition) is 0. The van der Waals surface area contributed by atoms with Crippen molar-refractivity contribution in [2.45, 2.75) is 31.8 Å². The summed E-state index contributed by atoms with van der Waals surface area (Å²) in [5, 5.41) is 0. The number of Topliss-reactive ketones (excluding diaryl/α,β-unsaturated/α-hetero) is 1. The van der Waals surface area contributed by atoms with Crippen LogP contribution in [0.4, 0.5) is 0 Å². The number of esters is 1. The Kier molecular flexibility index (Phi) is 5.03. The first kappa shape index (κ1) is 15.7. The minimum absolute atomic E-state index is 0.0421. The van der Waals surface area contributed by atoms with Crippen LogP contribution < -0.4 is 0 Å². The first-order chi connectivity index (χ1) is 11.2. The number of hydrogen-bond acceptors (Lipinski definition) is 4. The summed E-state index contributed by atoms with van der Waals surface area (Å²) in [6.07, 6.45) is 5.61. The van der Waals surface area contributed by atoms with Crippen LogP contribution in [-0.4, -0.2) is 17.9 Å². The summed E-state index contributed by atoms with van der Waals surface area (Å²) in [4.78, 5) is 25.7. The van der Waals surface area contributed by atoms with Crippen molar-refractivity contribution in [2.75, 3.05) is 0 Å². The van der Waals surface area contributed by atoms with Gasteiger partial charge in [-0.15, -0.1) is 11.3 Å². The van der Waals surface area contributed by atoms with E-state index in [0.29, 0.717) is 12.8 Å². The number of ether oxygens (including phenoxy) is 1. The largest absolute Gasteiger partial charge is 0.451 e. The molecule has 3 rings (SSSR count). The number of benzene rings is 1. The second-order valence-corrected chi connectivity index (χ2v) is 6.65. The van der Waals surface area contributed by atoms with Crippen LogP contribution in [0.1, 0.15) is 30.6 Å². The molecule has 0 unspecified atom stereocenters. The molecule has 1 heterocycles. The van der Waals surface area contributed by atoms with Crippen molar-refractivity contribution in [1.29, 1.82) is 0 Å². The van der Waals surface area contributed by atoms with Crippen LogP contribution in [-0.2, 0) is 14.3 Å². The molecule has 1 aromatic carbocycles. The predicted molar refractivity (Wildman–Crippen MR) is 92.1 cm³/mol. The van der Waals surface area contributed by atoms with E-state index in [2.05, 4.69) is 12.1 Å². The van der Waals surface area contributed by atoms with E-state index in [0.717, 1.165) is 28.2 Å². The van der Waals surface area contributed by atoms with Crippen LogP contribution in [0.15, 0.2) is 48.5 Å². The van der Waals surface area contributed by atoms with Gasteiger partial charge in [-0.25, -0.2) is 4.79 Å². The van der Waals surface area contributed by atoms with Crippen LogP contribution in [0.25, 0.3) is 16.5 Å². The molecular formula is C19H18O3S. The molecular weight excluding hydrogens is 308 g/mol. The summed E-state index contributed by atoms with van der Waals surface area (Å²) in [5.41, 5.74) is 1.16. The van der Waals surface area contributed by atoms with E-state index in [1.54, 1.807) is 17.4 Å². The molecule has 0 spiro atoms. The molecule has 0 saturated heterocycles. The lowest BCUT2D eigenvalue weighted by Crippen LogP contribution is -2.29. The summed E-state index contributed by atoms with van der Waals surface area (Å²) < 4.78 is 5.25. The van der Waals surface area contributed by atoms with Crippen LogP contribution in [0.3, 0.4) is 0 Å². The molecule has 1 aliphatic rings. The molecule has 0 amide bonds. The van der Waals surface area contributed by atoms with Crippen molar-refractivity contribution in [1.82, 2.24) is 0 Å². The van der Waals surface area contributed by atoms with Crippen molar-refractivity contribution in [3.63, 3.8) is 0 Å². The number of carbonyl (C=O) groups is 2. The maximum Gasteiger partial charge on any atom is 0.331 e. The fourth-order valence-corrected chi connectivity index (χ4v) is 3.52. The molecule has 0 radical (unpaired) electrons. The highest BCUT2D eigenvalue weighted by Crippen LogP contribution is 2.28. The van der Waals surface area contributed by atoms with Gasteiger partial charge in [-0.05, 0) is 43.0 Å². The number of thiophene rings is 1. The SMILES string of the molecule is O=C(/C=C/c1ccc(-c2ccccc2)s1)O[C@@H]1CCCCC1=O. The minimum Gasteiger partial charge on any atom is -0.451 e. The first-order valence-corrected chi connectivity index (χ1v) is 8.61. The summed E-state index contributed by atoms with van der Waals surface area (Å²) in [6.45, 7) is 0. The van der Waals surface area contributed by atoms with E-state index >= 15 is 0 Å². The zero-order chi connectivity index (χ0) is 16.1. The molecule has 3 nitrogen and oxygen atoms in total. The van der Waals surface area contributed by atoms with Gasteiger partial charge >= 0.3 is 5.97 Å². The number of carbonyl (C=O) groups excluding carboxylic acids is 2. The molecule has 1 saturated carbocycles. The Morgan fingerprint density at radius 2 is 1.96 bits per heavy atom. The van der Waals surface area contributed by atoms with E-state index in [9.17, 15) is 9.59 Å². The molecule has 118 valence electrons. The normalized spacial score (nSPS) is 18.3. The van der Waals surface area contributed by atoms with Gasteiger partial charge in [-0.2, -0.15) is 0 Å². The van der Waals surface area contributed by atoms with Gasteiger partial charge in [0.1, 0.15) is 0 Å². The summed E-state index contributed by atoms with van der Waals surface area (Å²) in [7, 11) is 0. The standard InChI is InChI=1S/C19H18O3S/c20-16-8-4-5-9-17(16)22-19(21)13-11-15-10-12-18(23-15)14-6-2-1-3-7-14/h1-3,6-7,10-13,17H,4-5,8-9H2/b13-11+/t17-/m1/s1. The second-order valence-electron chi connectivity index (χ2n) is 5.54. The summed E-state index contributed by atoms with van der Waals surface area (Å²) >= 11 is 1.61. The number of rotatable bonds is 4. The van der Waals surface area contributed by atoms with Gasteiger partial charge in [0, 0.05) is 22.3 Å². The van der Waals surface area contributed by atoms with Crippen LogP contribution in [0.5, 0.6) is 0 Å². The van der Waals surface area contributed by atoms with Gasteiger partial charge in [0.15, 0.2) is 11.9 Å². The Morgan fingerprint density at radius 3 is 2.74 bits per heavy atom. The van der Waals surface area contributed by atoms with Gasteiger partial charge < -0.3 is 4.74 Å². The third-order valence-corrected chi connectivity index (χ3v) is 4.93. The van der Waals surface area contributed by atoms with E-state index in [4.69, 9.17) is 4.74 Å². The maximum absolute atomic E-state index is 11.9. The number of ketones is 1. The van der Waals surface area contributed by atoms with E-state index in [1.807, 2.05) is 30.3 Å². The fourth-order valence-electron chi connectivity index (χ4n) is 2.61. The zero-order valence-electron chi connectivity index (χ0n) is 12.7. The molecule has 23 heavy (non-hydrogen) atoms. The van der Waals surface area contributed by atoms with Gasteiger partial charge in [-0.3, -0.25) is 4.79 Å². The Labute approximate surface area is 139 Å². The smallest absolute Gasteiger partial charge is 0.331 e. The maximum atomic E-state index is 11.9. The lowest BCUT2D eigenvalue weighted by Gasteiger charge is -2.19. The Morgan fingerprint density at radius 1 is 1.13 bits per heavy atom. The van der Waals surface area contributed by atoms with E-state index in [1.165, 1.54) is 6.08 Å². The third-order valence-electron chi connectivity index (χ3n) is 3.83. The Bertz CT molecular complexity index is 715. The highest BCUT2D eigenvalue weighted by Gasteiger charge is 2.24. The van der Waals surface area contributed by atoms with Crippen LogP contribution in [0.2, 0.25) is 0 Å². The van der Waals surface area contributed by atoms with E-state index in [-0.39, 0.29) is 5.78 Å². The Balaban J connectivity index is 1.60. The molecule has 4 heteroatoms. The lowest BCUT2D eigenvalue weighted by atomic mass is 9.96. The Hall–Kier alpha value is -2.20. The van der Waals surface area contributed by atoms with Gasteiger partial charge in [-0.1, -0.05) is 30.3 Å². The molecule has 1 aromatic heterocycles. The van der Waals surface area contributed by atoms with Crippen molar-refractivity contribution >= 4 is 29.2 Å². The third kappa shape index (κ3) is 4.17. The first-order valence-electron chi connectivity index (χ1n) is 7.79. The van der Waals surface area contributed by atoms with Gasteiger partial charge in [0.25, 0.3) is 0 Å². The molecule has 1 aliphatic carbocycles. The quantitative estimate of drug-likeness (QED) is 0.614. The molecule has 0 aliphatic heterocycles. The van der Waals surface area contributed by atoms with Crippen LogP contribution in [0, 0.1) is 0 Å².